The van der Waals surface area contributed by atoms with Crippen molar-refractivity contribution in [1.29, 1.82) is 5.26 Å². The van der Waals surface area contributed by atoms with E-state index in [1.165, 1.54) is 18.9 Å². The maximum Gasteiger partial charge on any atom is 0.416 e. The largest absolute Gasteiger partial charge is 0.416 e. The number of halogens is 3. The first kappa shape index (κ1) is 20.4. The minimum absolute atomic E-state index is 0.403. The van der Waals surface area contributed by atoms with Gasteiger partial charge in [-0.1, -0.05) is 25.5 Å². The molecule has 1 aromatic rings. The number of piperazine rings is 1. The Morgan fingerprint density at radius 3 is 2.15 bits per heavy atom. The molecule has 3 rings (SSSR count). The predicted molar refractivity (Wildman–Crippen MR) is 101 cm³/mol. The quantitative estimate of drug-likeness (QED) is 0.808. The molecule has 0 spiro atoms. The summed E-state index contributed by atoms with van der Waals surface area (Å²) in [5.41, 5.74) is 0.518. The Hall–Kier alpha value is -1.88. The molecule has 2 heterocycles. The standard InChI is InChI=1S/C13H18F3N3.C5H8BN/c1-17-11-7-10(13(14,15)16)8-12(9-11)19-5-3-18(2)4-6-19;7-5-6-3-1-2-4-6/h7-9,17H,3-6H2,1-2H3;1-4H2. The molecule has 4 nitrogen and oxygen atoms in total. The second kappa shape index (κ2) is 9.18. The van der Waals surface area contributed by atoms with Gasteiger partial charge in [-0.25, -0.2) is 5.26 Å². The lowest BCUT2D eigenvalue weighted by Crippen LogP contribution is -2.44. The molecule has 0 unspecified atom stereocenters. The maximum atomic E-state index is 12.9. The van der Waals surface area contributed by atoms with Gasteiger partial charge in [0, 0.05) is 50.6 Å². The second-order valence-electron chi connectivity index (χ2n) is 6.92. The average molecular weight is 366 g/mol. The molecule has 2 fully saturated rings. The summed E-state index contributed by atoms with van der Waals surface area (Å²) in [5.74, 6) is 2.26. The second-order valence-corrected chi connectivity index (χ2v) is 6.92. The highest BCUT2D eigenvalue weighted by atomic mass is 19.4. The number of rotatable bonds is 2. The minimum Gasteiger partial charge on any atom is -0.388 e. The summed E-state index contributed by atoms with van der Waals surface area (Å²) in [6.45, 7) is 3.64. The van der Waals surface area contributed by atoms with E-state index in [4.69, 9.17) is 5.26 Å². The zero-order valence-corrected chi connectivity index (χ0v) is 15.4. The van der Waals surface area contributed by atoms with Gasteiger partial charge in [-0.2, -0.15) is 13.2 Å². The van der Waals surface area contributed by atoms with Crippen LogP contribution in [0, 0.1) is 11.2 Å². The van der Waals surface area contributed by atoms with Crippen LogP contribution in [0.5, 0.6) is 0 Å². The summed E-state index contributed by atoms with van der Waals surface area (Å²) in [7, 11) is 3.64. The SMILES string of the molecule is CNc1cc(N2CCN(C)CC2)cc(C(F)(F)F)c1.N#CB1CCCC1. The zero-order valence-electron chi connectivity index (χ0n) is 15.4. The summed E-state index contributed by atoms with van der Waals surface area (Å²) < 4.78 is 38.6. The fraction of sp³-hybridized carbons (Fsp3) is 0.611. The number of likely N-dealkylation sites (N-methyl/N-ethyl adjacent to an activating group) is 1. The third-order valence-electron chi connectivity index (χ3n) is 4.94. The third-order valence-corrected chi connectivity index (χ3v) is 4.94. The summed E-state index contributed by atoms with van der Waals surface area (Å²) in [5, 5.41) is 11.1. The highest BCUT2D eigenvalue weighted by Gasteiger charge is 2.32. The molecule has 2 aliphatic heterocycles. The van der Waals surface area contributed by atoms with Crippen molar-refractivity contribution in [2.75, 3.05) is 50.5 Å². The highest BCUT2D eigenvalue weighted by Crippen LogP contribution is 2.34. The van der Waals surface area contributed by atoms with Crippen LogP contribution in [0.15, 0.2) is 18.2 Å². The van der Waals surface area contributed by atoms with Gasteiger partial charge in [0.05, 0.1) is 5.56 Å². The van der Waals surface area contributed by atoms with E-state index in [0.717, 1.165) is 44.9 Å². The summed E-state index contributed by atoms with van der Waals surface area (Å²) in [6.07, 6.45) is 0.539. The first-order valence-electron chi connectivity index (χ1n) is 9.06. The zero-order chi connectivity index (χ0) is 19.2. The van der Waals surface area contributed by atoms with Crippen LogP contribution in [-0.4, -0.2) is 51.9 Å². The molecule has 142 valence electrons. The van der Waals surface area contributed by atoms with Crippen molar-refractivity contribution >= 4 is 18.1 Å². The van der Waals surface area contributed by atoms with Gasteiger partial charge in [0.15, 0.2) is 0 Å². The molecule has 8 heteroatoms. The van der Waals surface area contributed by atoms with Crippen LogP contribution in [0.25, 0.3) is 0 Å². The molecular formula is C18H26BF3N4. The fourth-order valence-electron chi connectivity index (χ4n) is 3.22. The molecule has 0 aliphatic carbocycles. The number of nitrogens with one attached hydrogen (secondary N) is 1. The Morgan fingerprint density at radius 2 is 1.69 bits per heavy atom. The lowest BCUT2D eigenvalue weighted by atomic mass is 9.50. The van der Waals surface area contributed by atoms with Gasteiger partial charge in [0.2, 0.25) is 0 Å². The molecule has 0 amide bonds. The Labute approximate surface area is 154 Å². The van der Waals surface area contributed by atoms with Crippen molar-refractivity contribution in [3.8, 4) is 5.97 Å². The number of hydrogen-bond donors (Lipinski definition) is 1. The van der Waals surface area contributed by atoms with Crippen LogP contribution in [0.4, 0.5) is 24.5 Å². The van der Waals surface area contributed by atoms with Gasteiger partial charge in [-0.3, -0.25) is 0 Å². The third kappa shape index (κ3) is 5.84. The van der Waals surface area contributed by atoms with Crippen LogP contribution >= 0.6 is 0 Å². The Morgan fingerprint density at radius 1 is 1.08 bits per heavy atom. The normalized spacial score (nSPS) is 18.2. The summed E-state index contributed by atoms with van der Waals surface area (Å²) in [4.78, 5) is 4.17. The maximum absolute atomic E-state index is 12.9. The van der Waals surface area contributed by atoms with Crippen molar-refractivity contribution in [3.63, 3.8) is 0 Å². The summed E-state index contributed by atoms with van der Waals surface area (Å²) >= 11 is 0. The molecule has 2 saturated heterocycles. The molecule has 0 atom stereocenters. The van der Waals surface area contributed by atoms with Crippen LogP contribution in [0.1, 0.15) is 18.4 Å². The topological polar surface area (TPSA) is 42.3 Å². The first-order chi connectivity index (χ1) is 12.3. The number of benzene rings is 1. The molecule has 26 heavy (non-hydrogen) atoms. The van der Waals surface area contributed by atoms with Gasteiger partial charge in [0.25, 0.3) is 6.71 Å². The Kier molecular flexibility index (Phi) is 7.21. The van der Waals surface area contributed by atoms with E-state index in [1.54, 1.807) is 13.1 Å². The van der Waals surface area contributed by atoms with Gasteiger partial charge in [-0.05, 0) is 25.2 Å². The van der Waals surface area contributed by atoms with Crippen molar-refractivity contribution in [2.45, 2.75) is 31.7 Å². The molecular weight excluding hydrogens is 340 g/mol. The first-order valence-corrected chi connectivity index (χ1v) is 9.06. The number of anilines is 2. The highest BCUT2D eigenvalue weighted by molar-refractivity contribution is 6.67. The monoisotopic (exact) mass is 366 g/mol. The van der Waals surface area contributed by atoms with E-state index in [1.807, 2.05) is 11.9 Å². The average Bonchev–Trinajstić information content (AvgIpc) is 3.15. The van der Waals surface area contributed by atoms with Crippen molar-refractivity contribution in [3.05, 3.63) is 23.8 Å². The van der Waals surface area contributed by atoms with E-state index in [-0.39, 0.29) is 0 Å². The minimum atomic E-state index is -4.31. The van der Waals surface area contributed by atoms with Crippen molar-refractivity contribution < 1.29 is 13.2 Å². The lowest BCUT2D eigenvalue weighted by Gasteiger charge is -2.34. The number of hydrogen-bond acceptors (Lipinski definition) is 4. The lowest BCUT2D eigenvalue weighted by molar-refractivity contribution is -0.137. The van der Waals surface area contributed by atoms with E-state index in [9.17, 15) is 13.2 Å². The number of nitriles is 1. The smallest absolute Gasteiger partial charge is 0.388 e. The van der Waals surface area contributed by atoms with E-state index in [2.05, 4.69) is 16.2 Å². The van der Waals surface area contributed by atoms with Gasteiger partial charge >= 0.3 is 6.18 Å². The van der Waals surface area contributed by atoms with Crippen molar-refractivity contribution in [2.24, 2.45) is 0 Å². The number of alkyl halides is 3. The molecule has 1 aromatic carbocycles. The van der Waals surface area contributed by atoms with Gasteiger partial charge in [0.1, 0.15) is 0 Å². The molecule has 0 saturated carbocycles. The Balaban J connectivity index is 0.000000290. The van der Waals surface area contributed by atoms with E-state index in [0.29, 0.717) is 18.1 Å². The van der Waals surface area contributed by atoms with E-state index < -0.39 is 11.7 Å². The van der Waals surface area contributed by atoms with E-state index >= 15 is 0 Å². The van der Waals surface area contributed by atoms with Crippen LogP contribution in [0.2, 0.25) is 12.6 Å². The fourth-order valence-corrected chi connectivity index (χ4v) is 3.22. The molecule has 1 N–H and O–H groups in total. The molecule has 0 aromatic heterocycles. The summed E-state index contributed by atoms with van der Waals surface area (Å²) in [6, 6.07) is 4.13. The predicted octanol–water partition coefficient (Wildman–Crippen LogP) is 3.84. The van der Waals surface area contributed by atoms with Crippen molar-refractivity contribution in [1.82, 2.24) is 4.90 Å². The molecule has 2 aliphatic rings. The molecule has 0 bridgehead atoms. The van der Waals surface area contributed by atoms with Crippen LogP contribution < -0.4 is 10.2 Å². The van der Waals surface area contributed by atoms with Crippen LogP contribution in [-0.2, 0) is 6.18 Å². The number of nitrogens with zero attached hydrogens (tertiary/aromatic N) is 3. The van der Waals surface area contributed by atoms with Gasteiger partial charge < -0.3 is 15.1 Å². The molecule has 0 radical (unpaired) electrons. The Bertz CT molecular complexity index is 616. The van der Waals surface area contributed by atoms with Gasteiger partial charge in [-0.15, -0.1) is 0 Å². The van der Waals surface area contributed by atoms with Crippen LogP contribution in [0.3, 0.4) is 0 Å².